The number of hydrogen-bond donors (Lipinski definition) is 2. The van der Waals surface area contributed by atoms with Crippen molar-refractivity contribution in [3.63, 3.8) is 0 Å². The molecule has 6 heteroatoms. The number of piperazine rings is 1. The van der Waals surface area contributed by atoms with Gasteiger partial charge in [-0.05, 0) is 43.4 Å². The molecule has 30 heavy (non-hydrogen) atoms. The highest BCUT2D eigenvalue weighted by atomic mass is 16.3. The van der Waals surface area contributed by atoms with Crippen LogP contribution in [0.1, 0.15) is 23.1 Å². The zero-order valence-corrected chi connectivity index (χ0v) is 17.8. The second-order valence-corrected chi connectivity index (χ2v) is 7.96. The summed E-state index contributed by atoms with van der Waals surface area (Å²) >= 11 is 0. The number of aliphatic hydroxyl groups excluding tert-OH is 1. The highest BCUT2D eigenvalue weighted by Gasteiger charge is 2.26. The van der Waals surface area contributed by atoms with E-state index in [1.165, 1.54) is 0 Å². The van der Waals surface area contributed by atoms with Crippen molar-refractivity contribution >= 4 is 17.5 Å². The lowest BCUT2D eigenvalue weighted by molar-refractivity contribution is -0.142. The summed E-state index contributed by atoms with van der Waals surface area (Å²) in [7, 11) is 0. The first-order chi connectivity index (χ1) is 14.4. The van der Waals surface area contributed by atoms with Crippen molar-refractivity contribution in [2.75, 3.05) is 38.0 Å². The molecular weight excluding hydrogens is 378 g/mol. The number of aliphatic hydroxyl groups is 1. The van der Waals surface area contributed by atoms with Gasteiger partial charge in [0.25, 0.3) is 5.91 Å². The summed E-state index contributed by atoms with van der Waals surface area (Å²) in [6.45, 7) is 6.56. The van der Waals surface area contributed by atoms with E-state index in [-0.39, 0.29) is 11.8 Å². The van der Waals surface area contributed by atoms with Crippen LogP contribution in [0, 0.1) is 13.8 Å². The molecule has 0 bridgehead atoms. The Labute approximate surface area is 178 Å². The number of carbonyl (C=O) groups excluding carboxylic acids is 2. The third-order valence-corrected chi connectivity index (χ3v) is 5.63. The van der Waals surface area contributed by atoms with Crippen LogP contribution in [-0.2, 0) is 16.0 Å². The monoisotopic (exact) mass is 409 g/mol. The summed E-state index contributed by atoms with van der Waals surface area (Å²) < 4.78 is 0. The number of anilines is 1. The van der Waals surface area contributed by atoms with Gasteiger partial charge in [0.2, 0.25) is 5.91 Å². The number of nitrogens with one attached hydrogen (secondary N) is 1. The summed E-state index contributed by atoms with van der Waals surface area (Å²) in [5.41, 5.74) is 4.08. The van der Waals surface area contributed by atoms with E-state index in [0.29, 0.717) is 45.6 Å². The predicted molar refractivity (Wildman–Crippen MR) is 118 cm³/mol. The van der Waals surface area contributed by atoms with Crippen LogP contribution in [0.4, 0.5) is 5.69 Å². The molecule has 0 radical (unpaired) electrons. The van der Waals surface area contributed by atoms with Gasteiger partial charge in [0, 0.05) is 31.9 Å². The molecule has 0 aromatic heterocycles. The Morgan fingerprint density at radius 2 is 1.60 bits per heavy atom. The molecule has 1 heterocycles. The highest BCUT2D eigenvalue weighted by molar-refractivity contribution is 5.93. The van der Waals surface area contributed by atoms with Crippen LogP contribution in [0.3, 0.4) is 0 Å². The van der Waals surface area contributed by atoms with Gasteiger partial charge in [-0.3, -0.25) is 14.5 Å². The number of nitrogens with zero attached hydrogens (tertiary/aromatic N) is 2. The number of aryl methyl sites for hydroxylation is 3. The standard InChI is InChI=1S/C24H31N3O3/c1-18-7-6-8-19(2)23(18)25-22(29)17-26-13-15-27(16-14-26)24(30)21(28)12-11-20-9-4-3-5-10-20/h3-10,21,28H,11-17H2,1-2H3,(H,25,29)/t21-/m0/s1. The summed E-state index contributed by atoms with van der Waals surface area (Å²) in [5.74, 6) is -0.263. The van der Waals surface area contributed by atoms with Crippen molar-refractivity contribution in [1.29, 1.82) is 0 Å². The largest absolute Gasteiger partial charge is 0.383 e. The normalized spacial score (nSPS) is 15.6. The quantitative estimate of drug-likeness (QED) is 0.737. The third kappa shape index (κ3) is 5.90. The molecule has 3 rings (SSSR count). The minimum Gasteiger partial charge on any atom is -0.383 e. The van der Waals surface area contributed by atoms with Crippen LogP contribution in [0.5, 0.6) is 0 Å². The van der Waals surface area contributed by atoms with Gasteiger partial charge >= 0.3 is 0 Å². The van der Waals surface area contributed by atoms with Gasteiger partial charge in [0.05, 0.1) is 6.54 Å². The van der Waals surface area contributed by atoms with Crippen molar-refractivity contribution in [2.45, 2.75) is 32.8 Å². The minimum absolute atomic E-state index is 0.0462. The molecule has 2 aromatic rings. The van der Waals surface area contributed by atoms with E-state index in [9.17, 15) is 14.7 Å². The fourth-order valence-corrected chi connectivity index (χ4v) is 3.80. The molecule has 1 aliphatic heterocycles. The topological polar surface area (TPSA) is 72.9 Å². The van der Waals surface area contributed by atoms with E-state index in [2.05, 4.69) is 5.32 Å². The molecule has 1 atom stereocenters. The molecule has 0 saturated carbocycles. The van der Waals surface area contributed by atoms with Crippen LogP contribution in [0.15, 0.2) is 48.5 Å². The average molecular weight is 410 g/mol. The molecule has 0 unspecified atom stereocenters. The molecule has 0 aliphatic carbocycles. The minimum atomic E-state index is -0.982. The van der Waals surface area contributed by atoms with Crippen molar-refractivity contribution in [3.8, 4) is 0 Å². The number of benzene rings is 2. The van der Waals surface area contributed by atoms with E-state index in [1.807, 2.05) is 67.3 Å². The van der Waals surface area contributed by atoms with Gasteiger partial charge in [-0.2, -0.15) is 0 Å². The van der Waals surface area contributed by atoms with E-state index < -0.39 is 6.10 Å². The molecule has 1 aliphatic rings. The first kappa shape index (κ1) is 22.0. The molecular formula is C24H31N3O3. The molecule has 2 amide bonds. The van der Waals surface area contributed by atoms with Gasteiger partial charge in [0.15, 0.2) is 0 Å². The van der Waals surface area contributed by atoms with Gasteiger partial charge in [-0.15, -0.1) is 0 Å². The third-order valence-electron chi connectivity index (χ3n) is 5.63. The van der Waals surface area contributed by atoms with Crippen LogP contribution >= 0.6 is 0 Å². The molecule has 1 saturated heterocycles. The summed E-state index contributed by atoms with van der Waals surface area (Å²) in [6, 6.07) is 15.8. The Hall–Kier alpha value is -2.70. The Morgan fingerprint density at radius 1 is 0.967 bits per heavy atom. The number of hydrogen-bond acceptors (Lipinski definition) is 4. The smallest absolute Gasteiger partial charge is 0.251 e. The van der Waals surface area contributed by atoms with Crippen LogP contribution < -0.4 is 5.32 Å². The lowest BCUT2D eigenvalue weighted by Gasteiger charge is -2.35. The van der Waals surface area contributed by atoms with E-state index in [1.54, 1.807) is 4.90 Å². The second kappa shape index (κ2) is 10.4. The highest BCUT2D eigenvalue weighted by Crippen LogP contribution is 2.19. The van der Waals surface area contributed by atoms with E-state index in [4.69, 9.17) is 0 Å². The second-order valence-electron chi connectivity index (χ2n) is 7.96. The molecule has 2 aromatic carbocycles. The molecule has 2 N–H and O–H groups in total. The zero-order chi connectivity index (χ0) is 21.5. The zero-order valence-electron chi connectivity index (χ0n) is 17.8. The Morgan fingerprint density at radius 3 is 2.23 bits per heavy atom. The molecule has 1 fully saturated rings. The first-order valence-corrected chi connectivity index (χ1v) is 10.5. The van der Waals surface area contributed by atoms with Gasteiger partial charge in [-0.25, -0.2) is 0 Å². The maximum absolute atomic E-state index is 12.5. The van der Waals surface area contributed by atoms with Crippen LogP contribution in [0.25, 0.3) is 0 Å². The predicted octanol–water partition coefficient (Wildman–Crippen LogP) is 2.38. The Bertz CT molecular complexity index is 841. The van der Waals surface area contributed by atoms with Gasteiger partial charge in [-0.1, -0.05) is 48.5 Å². The molecule has 160 valence electrons. The summed E-state index contributed by atoms with van der Waals surface area (Å²) in [4.78, 5) is 28.7. The number of amides is 2. The van der Waals surface area contributed by atoms with Crippen molar-refractivity contribution < 1.29 is 14.7 Å². The van der Waals surface area contributed by atoms with E-state index in [0.717, 1.165) is 22.4 Å². The number of para-hydroxylation sites is 1. The Kier molecular flexibility index (Phi) is 7.60. The maximum atomic E-state index is 12.5. The molecule has 0 spiro atoms. The lowest BCUT2D eigenvalue weighted by atomic mass is 10.1. The average Bonchev–Trinajstić information content (AvgIpc) is 2.75. The van der Waals surface area contributed by atoms with Crippen LogP contribution in [-0.4, -0.2) is 65.5 Å². The fraction of sp³-hybridized carbons (Fsp3) is 0.417. The van der Waals surface area contributed by atoms with E-state index >= 15 is 0 Å². The SMILES string of the molecule is Cc1cccc(C)c1NC(=O)CN1CCN(C(=O)[C@@H](O)CCc2ccccc2)CC1. The maximum Gasteiger partial charge on any atom is 0.251 e. The lowest BCUT2D eigenvalue weighted by Crippen LogP contribution is -2.52. The van der Waals surface area contributed by atoms with Crippen molar-refractivity contribution in [2.24, 2.45) is 0 Å². The fourth-order valence-electron chi connectivity index (χ4n) is 3.80. The van der Waals surface area contributed by atoms with Crippen molar-refractivity contribution in [1.82, 2.24) is 9.80 Å². The number of rotatable bonds is 7. The number of carbonyl (C=O) groups is 2. The molecule has 6 nitrogen and oxygen atoms in total. The van der Waals surface area contributed by atoms with Crippen LogP contribution in [0.2, 0.25) is 0 Å². The Balaban J connectivity index is 1.42. The summed E-state index contributed by atoms with van der Waals surface area (Å²) in [5, 5.41) is 13.3. The van der Waals surface area contributed by atoms with Crippen molar-refractivity contribution in [3.05, 3.63) is 65.2 Å². The summed E-state index contributed by atoms with van der Waals surface area (Å²) in [6.07, 6.45) is 0.108. The van der Waals surface area contributed by atoms with Gasteiger partial charge in [0.1, 0.15) is 6.10 Å². The van der Waals surface area contributed by atoms with Gasteiger partial charge < -0.3 is 15.3 Å². The first-order valence-electron chi connectivity index (χ1n) is 10.5.